The minimum Gasteiger partial charge on any atom is -0.544 e. The lowest BCUT2D eigenvalue weighted by Gasteiger charge is -2.09. The first-order valence-corrected chi connectivity index (χ1v) is 8.45. The summed E-state index contributed by atoms with van der Waals surface area (Å²) >= 11 is 0.874. The highest BCUT2D eigenvalue weighted by atomic mass is 32.2. The third-order valence-electron chi connectivity index (χ3n) is 2.91. The monoisotopic (exact) mass is 347 g/mol. The van der Waals surface area contributed by atoms with E-state index in [9.17, 15) is 9.90 Å². The number of aliphatic carboxylic acids is 1. The van der Waals surface area contributed by atoms with Gasteiger partial charge >= 0.3 is 0 Å². The fourth-order valence-corrected chi connectivity index (χ4v) is 2.41. The van der Waals surface area contributed by atoms with Crippen LogP contribution in [0.5, 0.6) is 5.75 Å². The van der Waals surface area contributed by atoms with E-state index in [0.717, 1.165) is 17.5 Å². The normalized spacial score (nSPS) is 11.8. The van der Waals surface area contributed by atoms with Crippen LogP contribution in [0.15, 0.2) is 38.8 Å². The van der Waals surface area contributed by atoms with Crippen LogP contribution in [0.1, 0.15) is 32.2 Å². The molecule has 2 aromatic rings. The number of thioether (sulfide) groups is 1. The third kappa shape index (κ3) is 5.42. The Morgan fingerprint density at radius 3 is 2.58 bits per heavy atom. The molecule has 1 aromatic carbocycles. The van der Waals surface area contributed by atoms with Crippen molar-refractivity contribution in [1.82, 2.24) is 10.2 Å². The topological polar surface area (TPSA) is 88.3 Å². The van der Waals surface area contributed by atoms with Gasteiger partial charge in [-0.1, -0.05) is 32.9 Å². The molecule has 0 unspecified atom stereocenters. The molecule has 7 heteroatoms. The number of benzene rings is 1. The fraction of sp³-hybridized carbons (Fsp3) is 0.353. The van der Waals surface area contributed by atoms with E-state index in [1.807, 2.05) is 6.92 Å². The molecule has 1 heterocycles. The van der Waals surface area contributed by atoms with E-state index < -0.39 is 5.97 Å². The minimum atomic E-state index is -1.30. The molecule has 0 aliphatic carbocycles. The molecule has 24 heavy (non-hydrogen) atoms. The zero-order valence-corrected chi connectivity index (χ0v) is 14.6. The lowest BCUT2D eigenvalue weighted by molar-refractivity contribution is -0.298. The molecule has 6 nitrogen and oxygen atoms in total. The van der Waals surface area contributed by atoms with Gasteiger partial charge in [0.25, 0.3) is 5.22 Å². The van der Waals surface area contributed by atoms with Crippen LogP contribution in [0.25, 0.3) is 6.08 Å². The first-order chi connectivity index (χ1) is 11.5. The SMILES string of the molecule is CCc1nnc(S/C(=C/c2ccc(OCC(C)C)cc2)C(=O)[O-])o1. The Morgan fingerprint density at radius 2 is 2.04 bits per heavy atom. The van der Waals surface area contributed by atoms with Crippen molar-refractivity contribution in [3.63, 3.8) is 0 Å². The van der Waals surface area contributed by atoms with Gasteiger partial charge in [0, 0.05) is 11.3 Å². The van der Waals surface area contributed by atoms with E-state index in [2.05, 4.69) is 24.0 Å². The van der Waals surface area contributed by atoms with Gasteiger partial charge in [0.2, 0.25) is 5.89 Å². The lowest BCUT2D eigenvalue weighted by Crippen LogP contribution is -2.23. The van der Waals surface area contributed by atoms with Crippen molar-refractivity contribution in [1.29, 1.82) is 0 Å². The van der Waals surface area contributed by atoms with Gasteiger partial charge < -0.3 is 19.1 Å². The molecule has 0 spiro atoms. The highest BCUT2D eigenvalue weighted by Gasteiger charge is 2.10. The number of carbonyl (C=O) groups excluding carboxylic acids is 1. The standard InChI is InChI=1S/C17H20N2O4S/c1-4-15-18-19-17(23-15)24-14(16(20)21)9-12-5-7-13(8-6-12)22-10-11(2)3/h5-9,11H,4,10H2,1-3H3,(H,20,21)/p-1/b14-9+. The van der Waals surface area contributed by atoms with E-state index in [-0.39, 0.29) is 10.1 Å². The maximum Gasteiger partial charge on any atom is 0.281 e. The number of aryl methyl sites for hydroxylation is 1. The van der Waals surface area contributed by atoms with E-state index in [1.54, 1.807) is 24.3 Å². The maximum absolute atomic E-state index is 11.3. The molecule has 0 amide bonds. The average Bonchev–Trinajstić information content (AvgIpc) is 3.01. The zero-order chi connectivity index (χ0) is 17.5. The molecule has 0 aliphatic rings. The van der Waals surface area contributed by atoms with Crippen LogP contribution in [0.3, 0.4) is 0 Å². The summed E-state index contributed by atoms with van der Waals surface area (Å²) in [6.45, 7) is 6.65. The van der Waals surface area contributed by atoms with E-state index in [0.29, 0.717) is 30.4 Å². The lowest BCUT2D eigenvalue weighted by atomic mass is 10.2. The second kappa shape index (κ2) is 8.54. The number of hydrogen-bond donors (Lipinski definition) is 0. The summed E-state index contributed by atoms with van der Waals surface area (Å²) in [4.78, 5) is 11.3. The van der Waals surface area contributed by atoms with Gasteiger partial charge in [-0.15, -0.1) is 10.2 Å². The highest BCUT2D eigenvalue weighted by molar-refractivity contribution is 8.03. The number of nitrogens with zero attached hydrogens (tertiary/aromatic N) is 2. The van der Waals surface area contributed by atoms with E-state index >= 15 is 0 Å². The van der Waals surface area contributed by atoms with Gasteiger partial charge in [0.15, 0.2) is 0 Å². The molecular formula is C17H19N2O4S-. The van der Waals surface area contributed by atoms with Crippen LogP contribution in [-0.2, 0) is 11.2 Å². The molecule has 2 rings (SSSR count). The van der Waals surface area contributed by atoms with Crippen LogP contribution >= 0.6 is 11.8 Å². The first kappa shape index (κ1) is 18.1. The molecular weight excluding hydrogens is 328 g/mol. The average molecular weight is 347 g/mol. The fourth-order valence-electron chi connectivity index (χ4n) is 1.72. The molecule has 1 aromatic heterocycles. The number of carbonyl (C=O) groups is 1. The summed E-state index contributed by atoms with van der Waals surface area (Å²) in [7, 11) is 0. The van der Waals surface area contributed by atoms with E-state index in [4.69, 9.17) is 9.15 Å². The highest BCUT2D eigenvalue weighted by Crippen LogP contribution is 2.27. The van der Waals surface area contributed by atoms with Crippen LogP contribution in [-0.4, -0.2) is 22.8 Å². The number of carboxylic acids is 1. The predicted molar refractivity (Wildman–Crippen MR) is 89.3 cm³/mol. The van der Waals surface area contributed by atoms with Crippen molar-refractivity contribution in [3.05, 3.63) is 40.6 Å². The van der Waals surface area contributed by atoms with E-state index in [1.165, 1.54) is 6.08 Å². The molecule has 0 saturated heterocycles. The molecule has 0 saturated carbocycles. The number of rotatable bonds is 8. The van der Waals surface area contributed by atoms with Gasteiger partial charge in [-0.25, -0.2) is 0 Å². The van der Waals surface area contributed by atoms with Crippen LogP contribution in [0.4, 0.5) is 0 Å². The van der Waals surface area contributed by atoms with Gasteiger partial charge in [-0.05, 0) is 41.5 Å². The quantitative estimate of drug-likeness (QED) is 0.535. The summed E-state index contributed by atoms with van der Waals surface area (Å²) < 4.78 is 10.9. The predicted octanol–water partition coefficient (Wildman–Crippen LogP) is 2.55. The van der Waals surface area contributed by atoms with Gasteiger partial charge in [-0.2, -0.15) is 0 Å². The van der Waals surface area contributed by atoms with Crippen molar-refractivity contribution >= 4 is 23.8 Å². The van der Waals surface area contributed by atoms with Crippen molar-refractivity contribution in [2.45, 2.75) is 32.4 Å². The summed E-state index contributed by atoms with van der Waals surface area (Å²) in [6.07, 6.45) is 2.10. The van der Waals surface area contributed by atoms with Crippen LogP contribution in [0.2, 0.25) is 0 Å². The largest absolute Gasteiger partial charge is 0.544 e. The van der Waals surface area contributed by atoms with Crippen molar-refractivity contribution in [2.24, 2.45) is 5.92 Å². The zero-order valence-electron chi connectivity index (χ0n) is 13.8. The molecule has 0 atom stereocenters. The molecule has 0 aliphatic heterocycles. The number of aromatic nitrogens is 2. The van der Waals surface area contributed by atoms with Gasteiger partial charge in [-0.3, -0.25) is 0 Å². The Morgan fingerprint density at radius 1 is 1.33 bits per heavy atom. The number of carboxylic acid groups (broad SMARTS) is 1. The summed E-state index contributed by atoms with van der Waals surface area (Å²) in [5.74, 6) is 0.347. The van der Waals surface area contributed by atoms with Crippen molar-refractivity contribution in [2.75, 3.05) is 6.61 Å². The molecule has 0 fully saturated rings. The molecule has 0 radical (unpaired) electrons. The second-order valence-electron chi connectivity index (χ2n) is 5.49. The first-order valence-electron chi connectivity index (χ1n) is 7.64. The Balaban J connectivity index is 2.10. The minimum absolute atomic E-state index is 0.00264. The van der Waals surface area contributed by atoms with Crippen LogP contribution < -0.4 is 9.84 Å². The van der Waals surface area contributed by atoms with Crippen molar-refractivity contribution < 1.29 is 19.1 Å². The van der Waals surface area contributed by atoms with Crippen LogP contribution in [0, 0.1) is 5.92 Å². The number of hydrogen-bond acceptors (Lipinski definition) is 7. The summed E-state index contributed by atoms with van der Waals surface area (Å²) in [5.41, 5.74) is 0.717. The van der Waals surface area contributed by atoms with Gasteiger partial charge in [0.1, 0.15) is 5.75 Å². The Bertz CT molecular complexity index is 708. The van der Waals surface area contributed by atoms with Crippen molar-refractivity contribution in [3.8, 4) is 5.75 Å². The maximum atomic E-state index is 11.3. The Labute approximate surface area is 144 Å². The molecule has 128 valence electrons. The summed E-state index contributed by atoms with van der Waals surface area (Å²) in [6, 6.07) is 7.16. The Hall–Kier alpha value is -2.28. The third-order valence-corrected chi connectivity index (χ3v) is 3.75. The smallest absolute Gasteiger partial charge is 0.281 e. The molecule has 0 N–H and O–H groups in total. The summed E-state index contributed by atoms with van der Waals surface area (Å²) in [5, 5.41) is 19.1. The number of ether oxygens (including phenoxy) is 1. The second-order valence-corrected chi connectivity index (χ2v) is 6.48. The Kier molecular flexibility index (Phi) is 6.43. The van der Waals surface area contributed by atoms with Gasteiger partial charge in [0.05, 0.1) is 12.6 Å². The molecule has 0 bridgehead atoms.